The van der Waals surface area contributed by atoms with Gasteiger partial charge in [-0.15, -0.1) is 0 Å². The van der Waals surface area contributed by atoms with Crippen LogP contribution in [0.3, 0.4) is 0 Å². The molecule has 0 bridgehead atoms. The maximum atomic E-state index is 8.63. The molecular formula is C9H8NO. The van der Waals surface area contributed by atoms with Crippen molar-refractivity contribution in [2.45, 2.75) is 6.92 Å². The van der Waals surface area contributed by atoms with Crippen molar-refractivity contribution in [2.24, 2.45) is 0 Å². The minimum Gasteiger partial charge on any atom is -0.495 e. The number of methoxy groups -OCH3 is 1. The Morgan fingerprint density at radius 2 is 2.36 bits per heavy atom. The Morgan fingerprint density at radius 1 is 1.64 bits per heavy atom. The fraction of sp³-hybridized carbons (Fsp3) is 0.222. The first-order valence-electron chi connectivity index (χ1n) is 3.24. The van der Waals surface area contributed by atoms with E-state index in [1.807, 2.05) is 13.0 Å². The summed E-state index contributed by atoms with van der Waals surface area (Å²) in [4.78, 5) is 0. The lowest BCUT2D eigenvalue weighted by Gasteiger charge is -2.01. The SMILES string of the molecule is COc1c[c]c(C)cc1C#N. The van der Waals surface area contributed by atoms with E-state index in [2.05, 4.69) is 6.07 Å². The monoisotopic (exact) mass is 146 g/mol. The Bertz CT molecular complexity index is 299. The zero-order chi connectivity index (χ0) is 8.27. The van der Waals surface area contributed by atoms with E-state index in [4.69, 9.17) is 10.00 Å². The fourth-order valence-electron chi connectivity index (χ4n) is 0.843. The molecule has 1 aromatic carbocycles. The van der Waals surface area contributed by atoms with Crippen LogP contribution >= 0.6 is 0 Å². The van der Waals surface area contributed by atoms with Crippen molar-refractivity contribution in [3.63, 3.8) is 0 Å². The zero-order valence-corrected chi connectivity index (χ0v) is 6.51. The molecule has 0 aliphatic rings. The Balaban J connectivity index is 3.19. The summed E-state index contributed by atoms with van der Waals surface area (Å²) >= 11 is 0. The van der Waals surface area contributed by atoms with Gasteiger partial charge in [-0.05, 0) is 30.7 Å². The van der Waals surface area contributed by atoms with Gasteiger partial charge < -0.3 is 4.74 Å². The molecule has 0 fully saturated rings. The molecule has 0 aliphatic carbocycles. The highest BCUT2D eigenvalue weighted by molar-refractivity contribution is 5.44. The van der Waals surface area contributed by atoms with Crippen LogP contribution in [0, 0.1) is 24.3 Å². The van der Waals surface area contributed by atoms with E-state index in [1.165, 1.54) is 0 Å². The van der Waals surface area contributed by atoms with Crippen LogP contribution in [-0.2, 0) is 0 Å². The standard InChI is InChI=1S/C9H8NO/c1-7-3-4-9(11-2)8(5-7)6-10/h4-5H,1-2H3. The van der Waals surface area contributed by atoms with Crippen molar-refractivity contribution >= 4 is 0 Å². The van der Waals surface area contributed by atoms with Crippen molar-refractivity contribution in [3.8, 4) is 11.8 Å². The van der Waals surface area contributed by atoms with Gasteiger partial charge >= 0.3 is 0 Å². The number of hydrogen-bond acceptors (Lipinski definition) is 2. The first-order chi connectivity index (χ1) is 5.27. The van der Waals surface area contributed by atoms with Gasteiger partial charge in [-0.1, -0.05) is 0 Å². The molecule has 2 heteroatoms. The predicted molar refractivity (Wildman–Crippen MR) is 41.3 cm³/mol. The number of aryl methyl sites for hydroxylation is 1. The lowest BCUT2D eigenvalue weighted by molar-refractivity contribution is 0.413. The van der Waals surface area contributed by atoms with Crippen molar-refractivity contribution < 1.29 is 4.74 Å². The molecule has 0 saturated carbocycles. The van der Waals surface area contributed by atoms with E-state index in [0.29, 0.717) is 11.3 Å². The van der Waals surface area contributed by atoms with Crippen molar-refractivity contribution in [3.05, 3.63) is 29.3 Å². The van der Waals surface area contributed by atoms with Crippen LogP contribution in [0.4, 0.5) is 0 Å². The minimum atomic E-state index is 0.559. The molecule has 0 unspecified atom stereocenters. The van der Waals surface area contributed by atoms with Crippen LogP contribution in [-0.4, -0.2) is 7.11 Å². The smallest absolute Gasteiger partial charge is 0.137 e. The second kappa shape index (κ2) is 3.07. The highest BCUT2D eigenvalue weighted by Crippen LogP contribution is 2.17. The largest absolute Gasteiger partial charge is 0.495 e. The summed E-state index contributed by atoms with van der Waals surface area (Å²) in [5, 5.41) is 8.63. The lowest BCUT2D eigenvalue weighted by atomic mass is 10.1. The third kappa shape index (κ3) is 1.50. The van der Waals surface area contributed by atoms with E-state index in [1.54, 1.807) is 19.2 Å². The van der Waals surface area contributed by atoms with Gasteiger partial charge in [-0.2, -0.15) is 5.26 Å². The maximum Gasteiger partial charge on any atom is 0.137 e. The topological polar surface area (TPSA) is 33.0 Å². The second-order valence-electron chi connectivity index (χ2n) is 2.21. The number of rotatable bonds is 1. The molecule has 1 rings (SSSR count). The van der Waals surface area contributed by atoms with Crippen LogP contribution in [0.2, 0.25) is 0 Å². The van der Waals surface area contributed by atoms with E-state index in [-0.39, 0.29) is 0 Å². The summed E-state index contributed by atoms with van der Waals surface area (Å²) < 4.78 is 4.94. The van der Waals surface area contributed by atoms with Crippen LogP contribution in [0.5, 0.6) is 5.75 Å². The summed E-state index contributed by atoms with van der Waals surface area (Å²) in [6, 6.07) is 8.42. The lowest BCUT2D eigenvalue weighted by Crippen LogP contribution is -1.87. The predicted octanol–water partition coefficient (Wildman–Crippen LogP) is 1.68. The van der Waals surface area contributed by atoms with Gasteiger partial charge in [0.1, 0.15) is 11.8 Å². The average Bonchev–Trinajstić information content (AvgIpc) is 2.04. The van der Waals surface area contributed by atoms with E-state index < -0.39 is 0 Å². The van der Waals surface area contributed by atoms with Gasteiger partial charge in [0.15, 0.2) is 0 Å². The van der Waals surface area contributed by atoms with Gasteiger partial charge in [0.2, 0.25) is 0 Å². The molecule has 0 saturated heterocycles. The number of ether oxygens (including phenoxy) is 1. The Labute approximate surface area is 66.0 Å². The number of benzene rings is 1. The van der Waals surface area contributed by atoms with Crippen LogP contribution in [0.25, 0.3) is 0 Å². The van der Waals surface area contributed by atoms with Gasteiger partial charge in [-0.25, -0.2) is 0 Å². The molecule has 0 atom stereocenters. The molecule has 55 valence electrons. The fourth-order valence-corrected chi connectivity index (χ4v) is 0.843. The highest BCUT2D eigenvalue weighted by atomic mass is 16.5. The van der Waals surface area contributed by atoms with Gasteiger partial charge in [0, 0.05) is 0 Å². The average molecular weight is 146 g/mol. The van der Waals surface area contributed by atoms with Crippen molar-refractivity contribution in [2.75, 3.05) is 7.11 Å². The molecule has 2 nitrogen and oxygen atoms in total. The Morgan fingerprint density at radius 3 is 2.91 bits per heavy atom. The summed E-state index contributed by atoms with van der Waals surface area (Å²) in [5.41, 5.74) is 1.51. The Kier molecular flexibility index (Phi) is 2.12. The molecule has 0 heterocycles. The molecule has 11 heavy (non-hydrogen) atoms. The molecule has 0 aromatic heterocycles. The summed E-state index contributed by atoms with van der Waals surface area (Å²) in [5.74, 6) is 0.582. The number of hydrogen-bond donors (Lipinski definition) is 0. The van der Waals surface area contributed by atoms with E-state index in [9.17, 15) is 0 Å². The number of nitrogens with zero attached hydrogens (tertiary/aromatic N) is 1. The summed E-state index contributed by atoms with van der Waals surface area (Å²) in [6.45, 7) is 1.89. The van der Waals surface area contributed by atoms with Gasteiger partial charge in [0.25, 0.3) is 0 Å². The molecule has 1 radical (unpaired) electrons. The second-order valence-corrected chi connectivity index (χ2v) is 2.21. The van der Waals surface area contributed by atoms with E-state index >= 15 is 0 Å². The minimum absolute atomic E-state index is 0.559. The van der Waals surface area contributed by atoms with E-state index in [0.717, 1.165) is 5.56 Å². The first-order valence-corrected chi connectivity index (χ1v) is 3.24. The highest BCUT2D eigenvalue weighted by Gasteiger charge is 2.00. The Hall–Kier alpha value is -1.49. The van der Waals surface area contributed by atoms with Crippen molar-refractivity contribution in [1.82, 2.24) is 0 Å². The summed E-state index contributed by atoms with van der Waals surface area (Å²) in [6.07, 6.45) is 0. The third-order valence-electron chi connectivity index (χ3n) is 1.40. The van der Waals surface area contributed by atoms with Gasteiger partial charge in [-0.3, -0.25) is 0 Å². The first kappa shape index (κ1) is 7.62. The molecule has 0 aliphatic heterocycles. The molecule has 0 amide bonds. The molecular weight excluding hydrogens is 138 g/mol. The third-order valence-corrected chi connectivity index (χ3v) is 1.40. The quantitative estimate of drug-likeness (QED) is 0.603. The van der Waals surface area contributed by atoms with Crippen molar-refractivity contribution in [1.29, 1.82) is 5.26 Å². The van der Waals surface area contributed by atoms with Crippen LogP contribution in [0.15, 0.2) is 12.1 Å². The van der Waals surface area contributed by atoms with Crippen LogP contribution < -0.4 is 4.74 Å². The number of nitriles is 1. The van der Waals surface area contributed by atoms with Crippen LogP contribution in [0.1, 0.15) is 11.1 Å². The molecule has 0 spiro atoms. The normalized spacial score (nSPS) is 8.82. The zero-order valence-electron chi connectivity index (χ0n) is 6.51. The summed E-state index contributed by atoms with van der Waals surface area (Å²) in [7, 11) is 1.54. The van der Waals surface area contributed by atoms with Gasteiger partial charge in [0.05, 0.1) is 12.7 Å². The maximum absolute atomic E-state index is 8.63. The molecule has 1 aromatic rings. The molecule has 0 N–H and O–H groups in total.